The van der Waals surface area contributed by atoms with Crippen molar-refractivity contribution in [3.05, 3.63) is 36.0 Å². The fourth-order valence-electron chi connectivity index (χ4n) is 4.64. The second kappa shape index (κ2) is 7.94. The first-order valence-electron chi connectivity index (χ1n) is 10.4. The van der Waals surface area contributed by atoms with Gasteiger partial charge in [0.05, 0.1) is 18.0 Å². The van der Waals surface area contributed by atoms with Crippen LogP contribution < -0.4 is 4.74 Å². The Kier molecular flexibility index (Phi) is 5.63. The number of likely N-dealkylation sites (tertiary alicyclic amines) is 1. The molecule has 164 valence electrons. The lowest BCUT2D eigenvalue weighted by Crippen LogP contribution is -2.44. The van der Waals surface area contributed by atoms with E-state index in [4.69, 9.17) is 9.26 Å². The summed E-state index contributed by atoms with van der Waals surface area (Å²) >= 11 is 0. The fraction of sp³-hybridized carbons (Fsp3) is 0.619. The summed E-state index contributed by atoms with van der Waals surface area (Å²) in [5, 5.41) is 4.21. The first kappa shape index (κ1) is 21.3. The molecule has 2 fully saturated rings. The number of hydrogen-bond donors (Lipinski definition) is 0. The Hall–Kier alpha value is -1.97. The van der Waals surface area contributed by atoms with Crippen molar-refractivity contribution in [2.75, 3.05) is 33.8 Å². The van der Waals surface area contributed by atoms with Gasteiger partial charge in [-0.2, -0.15) is 9.29 Å². The van der Waals surface area contributed by atoms with Crippen LogP contribution in [0.1, 0.15) is 56.8 Å². The minimum Gasteiger partial charge on any atom is -0.497 e. The number of rotatable bonds is 5. The Morgan fingerprint density at radius 3 is 2.43 bits per heavy atom. The van der Waals surface area contributed by atoms with E-state index in [0.717, 1.165) is 31.6 Å². The summed E-state index contributed by atoms with van der Waals surface area (Å²) in [7, 11) is 0.162. The van der Waals surface area contributed by atoms with Crippen molar-refractivity contribution in [3.63, 3.8) is 0 Å². The van der Waals surface area contributed by atoms with E-state index in [0.29, 0.717) is 29.6 Å². The minimum absolute atomic E-state index is 0.0873. The highest BCUT2D eigenvalue weighted by atomic mass is 32.2. The third-order valence-electron chi connectivity index (χ3n) is 6.47. The highest BCUT2D eigenvalue weighted by molar-refractivity contribution is 7.89. The Balaban J connectivity index is 1.44. The molecular weight excluding hydrogens is 404 g/mol. The first-order valence-corrected chi connectivity index (χ1v) is 11.9. The normalized spacial score (nSPS) is 22.8. The molecule has 1 atom stereocenters. The largest absolute Gasteiger partial charge is 0.497 e. The van der Waals surface area contributed by atoms with Gasteiger partial charge in [-0.1, -0.05) is 19.0 Å². The average molecular weight is 435 g/mol. The van der Waals surface area contributed by atoms with Crippen LogP contribution in [0.4, 0.5) is 0 Å². The van der Waals surface area contributed by atoms with Crippen LogP contribution in [0.5, 0.6) is 5.75 Å². The third kappa shape index (κ3) is 3.86. The van der Waals surface area contributed by atoms with E-state index in [9.17, 15) is 8.42 Å². The summed E-state index contributed by atoms with van der Waals surface area (Å²) in [6.07, 6.45) is 2.59. The molecule has 1 spiro atoms. The molecule has 0 aliphatic carbocycles. The molecule has 9 heteroatoms. The molecule has 3 heterocycles. The van der Waals surface area contributed by atoms with Crippen LogP contribution in [0, 0.1) is 5.41 Å². The monoisotopic (exact) mass is 434 g/mol. The fourth-order valence-corrected chi connectivity index (χ4v) is 6.08. The van der Waals surface area contributed by atoms with Gasteiger partial charge in [0.25, 0.3) is 0 Å². The van der Waals surface area contributed by atoms with Crippen molar-refractivity contribution >= 4 is 10.0 Å². The number of nitrogens with zero attached hydrogens (tertiary/aromatic N) is 4. The second-order valence-corrected chi connectivity index (χ2v) is 10.8. The van der Waals surface area contributed by atoms with E-state index in [-0.39, 0.29) is 17.4 Å². The predicted molar refractivity (Wildman–Crippen MR) is 112 cm³/mol. The van der Waals surface area contributed by atoms with Gasteiger partial charge < -0.3 is 9.26 Å². The van der Waals surface area contributed by atoms with Gasteiger partial charge in [-0.3, -0.25) is 4.90 Å². The standard InChI is InChI=1S/C21H30N4O4S/c1-15(2)20-22-19(23-29-20)18-13-21(14-24(18)3)9-11-25(12-10-21)30(26,27)17-7-5-16(28-4)6-8-17/h5-8,15,18H,9-14H2,1-4H3. The van der Waals surface area contributed by atoms with Gasteiger partial charge in [0.15, 0.2) is 5.82 Å². The highest BCUT2D eigenvalue weighted by Crippen LogP contribution is 2.48. The zero-order chi connectivity index (χ0) is 21.5. The quantitative estimate of drug-likeness (QED) is 0.714. The van der Waals surface area contributed by atoms with Crippen molar-refractivity contribution in [2.24, 2.45) is 5.41 Å². The lowest BCUT2D eigenvalue weighted by molar-refractivity contribution is 0.161. The van der Waals surface area contributed by atoms with E-state index in [1.165, 1.54) is 0 Å². The summed E-state index contributed by atoms with van der Waals surface area (Å²) in [6.45, 7) is 6.04. The van der Waals surface area contributed by atoms with Crippen molar-refractivity contribution in [2.45, 2.75) is 50.0 Å². The minimum atomic E-state index is -3.49. The summed E-state index contributed by atoms with van der Waals surface area (Å²) < 4.78 is 38.2. The predicted octanol–water partition coefficient (Wildman–Crippen LogP) is 3.05. The van der Waals surface area contributed by atoms with Gasteiger partial charge in [0.2, 0.25) is 15.9 Å². The van der Waals surface area contributed by atoms with Crippen molar-refractivity contribution in [1.82, 2.24) is 19.3 Å². The van der Waals surface area contributed by atoms with Gasteiger partial charge >= 0.3 is 0 Å². The van der Waals surface area contributed by atoms with E-state index >= 15 is 0 Å². The molecule has 0 radical (unpaired) electrons. The molecule has 1 aromatic carbocycles. The molecule has 2 aliphatic heterocycles. The van der Waals surface area contributed by atoms with Crippen LogP contribution in [0.3, 0.4) is 0 Å². The van der Waals surface area contributed by atoms with E-state index < -0.39 is 10.0 Å². The average Bonchev–Trinajstić information content (AvgIpc) is 3.33. The molecule has 0 saturated carbocycles. The molecule has 4 rings (SSSR count). The lowest BCUT2D eigenvalue weighted by Gasteiger charge is -2.38. The topological polar surface area (TPSA) is 88.8 Å². The Labute approximate surface area is 178 Å². The molecule has 2 aromatic rings. The van der Waals surface area contributed by atoms with Crippen LogP contribution in [0.15, 0.2) is 33.7 Å². The summed E-state index contributed by atoms with van der Waals surface area (Å²) in [5.41, 5.74) is 0.0873. The molecule has 30 heavy (non-hydrogen) atoms. The SMILES string of the molecule is COc1ccc(S(=O)(=O)N2CCC3(CC2)CC(c2noc(C(C)C)n2)N(C)C3)cc1. The molecule has 1 aromatic heterocycles. The Morgan fingerprint density at radius 2 is 1.87 bits per heavy atom. The van der Waals surface area contributed by atoms with Crippen LogP contribution >= 0.6 is 0 Å². The zero-order valence-corrected chi connectivity index (χ0v) is 18.9. The number of benzene rings is 1. The lowest BCUT2D eigenvalue weighted by atomic mass is 9.77. The van der Waals surface area contributed by atoms with Crippen molar-refractivity contribution in [1.29, 1.82) is 0 Å². The number of piperidine rings is 1. The maximum absolute atomic E-state index is 13.0. The van der Waals surface area contributed by atoms with Gasteiger partial charge in [0, 0.05) is 25.6 Å². The molecule has 2 aliphatic rings. The van der Waals surface area contributed by atoms with Crippen molar-refractivity contribution < 1.29 is 17.7 Å². The van der Waals surface area contributed by atoms with Gasteiger partial charge in [-0.15, -0.1) is 0 Å². The number of hydrogen-bond acceptors (Lipinski definition) is 7. The van der Waals surface area contributed by atoms with Crippen LogP contribution in [-0.4, -0.2) is 61.6 Å². The maximum Gasteiger partial charge on any atom is 0.243 e. The number of methoxy groups -OCH3 is 1. The Morgan fingerprint density at radius 1 is 1.20 bits per heavy atom. The van der Waals surface area contributed by atoms with Crippen molar-refractivity contribution in [3.8, 4) is 5.75 Å². The van der Waals surface area contributed by atoms with Gasteiger partial charge in [-0.05, 0) is 56.0 Å². The highest BCUT2D eigenvalue weighted by Gasteiger charge is 2.47. The summed E-state index contributed by atoms with van der Waals surface area (Å²) in [6, 6.07) is 6.71. The summed E-state index contributed by atoms with van der Waals surface area (Å²) in [5.74, 6) is 2.26. The molecule has 0 N–H and O–H groups in total. The molecule has 8 nitrogen and oxygen atoms in total. The van der Waals surface area contributed by atoms with Crippen LogP contribution in [-0.2, 0) is 10.0 Å². The Bertz CT molecular complexity index is 979. The van der Waals surface area contributed by atoms with Gasteiger partial charge in [0.1, 0.15) is 5.75 Å². The van der Waals surface area contributed by atoms with Gasteiger partial charge in [-0.25, -0.2) is 8.42 Å². The van der Waals surface area contributed by atoms with E-state index in [2.05, 4.69) is 22.1 Å². The third-order valence-corrected chi connectivity index (χ3v) is 8.39. The number of ether oxygens (including phenoxy) is 1. The molecule has 0 amide bonds. The molecule has 1 unspecified atom stereocenters. The smallest absolute Gasteiger partial charge is 0.243 e. The summed E-state index contributed by atoms with van der Waals surface area (Å²) in [4.78, 5) is 7.19. The van der Waals surface area contributed by atoms with E-state index in [1.54, 1.807) is 35.7 Å². The molecule has 0 bridgehead atoms. The van der Waals surface area contributed by atoms with E-state index in [1.807, 2.05) is 13.8 Å². The second-order valence-electron chi connectivity index (χ2n) is 8.86. The maximum atomic E-state index is 13.0. The van der Waals surface area contributed by atoms with Crippen LogP contribution in [0.2, 0.25) is 0 Å². The molecule has 2 saturated heterocycles. The van der Waals surface area contributed by atoms with Crippen LogP contribution in [0.25, 0.3) is 0 Å². The molecular formula is C21H30N4O4S. The first-order chi connectivity index (χ1) is 14.2. The zero-order valence-electron chi connectivity index (χ0n) is 18.0. The number of aromatic nitrogens is 2. The number of sulfonamides is 1.